The predicted octanol–water partition coefficient (Wildman–Crippen LogP) is -0.226. The molecular formula is C16H20N8O4S2. The molecule has 0 saturated carbocycles. The number of hydrogen-bond donors (Lipinski definition) is 4. The molecule has 12 nitrogen and oxygen atoms in total. The van der Waals surface area contributed by atoms with Crippen LogP contribution in [0.15, 0.2) is 55.5 Å². The fourth-order valence-corrected chi connectivity index (χ4v) is 5.50. The second-order valence-corrected chi connectivity index (χ2v) is 9.76. The molecule has 1 atom stereocenters. The maximum Gasteiger partial charge on any atom is 0.241 e. The quantitative estimate of drug-likeness (QED) is 0.443. The number of hydrogen-bond acceptors (Lipinski definition) is 10. The summed E-state index contributed by atoms with van der Waals surface area (Å²) in [4.78, 5) is 6.87. The molecule has 1 aliphatic rings. The number of amidine groups is 1. The number of azo groups is 1. The van der Waals surface area contributed by atoms with Gasteiger partial charge in [-0.3, -0.25) is 0 Å². The maximum absolute atomic E-state index is 12.9. The lowest BCUT2D eigenvalue weighted by molar-refractivity contribution is 0.567. The van der Waals surface area contributed by atoms with Crippen molar-refractivity contribution in [2.45, 2.75) is 22.8 Å². The van der Waals surface area contributed by atoms with E-state index in [0.717, 1.165) is 6.07 Å². The number of nitrogens with two attached hydrogens (primary N) is 3. The van der Waals surface area contributed by atoms with E-state index in [-0.39, 0.29) is 30.4 Å². The van der Waals surface area contributed by atoms with Crippen LogP contribution >= 0.6 is 0 Å². The van der Waals surface area contributed by atoms with E-state index in [0.29, 0.717) is 11.1 Å². The van der Waals surface area contributed by atoms with E-state index in [1.165, 1.54) is 18.3 Å². The highest BCUT2D eigenvalue weighted by Gasteiger charge is 2.32. The average molecular weight is 453 g/mol. The van der Waals surface area contributed by atoms with Crippen LogP contribution in [0.1, 0.15) is 12.5 Å². The van der Waals surface area contributed by atoms with Crippen molar-refractivity contribution in [1.82, 2.24) is 9.71 Å². The van der Waals surface area contributed by atoms with Crippen molar-refractivity contribution in [2.75, 3.05) is 18.9 Å². The minimum absolute atomic E-state index is 0.0290. The molecule has 7 N–H and O–H groups in total. The van der Waals surface area contributed by atoms with Gasteiger partial charge in [-0.2, -0.15) is 5.11 Å². The van der Waals surface area contributed by atoms with E-state index in [9.17, 15) is 16.8 Å². The highest BCUT2D eigenvalue weighted by atomic mass is 32.2. The van der Waals surface area contributed by atoms with Crippen molar-refractivity contribution in [1.29, 1.82) is 0 Å². The van der Waals surface area contributed by atoms with Crippen LogP contribution in [-0.2, 0) is 20.0 Å². The summed E-state index contributed by atoms with van der Waals surface area (Å²) in [5, 5.41) is 13.0. The Morgan fingerprint density at radius 2 is 1.90 bits per heavy atom. The Labute approximate surface area is 173 Å². The van der Waals surface area contributed by atoms with E-state index in [1.807, 2.05) is 0 Å². The summed E-state index contributed by atoms with van der Waals surface area (Å²) in [6, 6.07) is 5.19. The molecule has 0 spiro atoms. The Kier molecular flexibility index (Phi) is 5.96. The van der Waals surface area contributed by atoms with Crippen LogP contribution < -0.4 is 21.3 Å². The van der Waals surface area contributed by atoms with Crippen LogP contribution in [0.3, 0.4) is 0 Å². The summed E-state index contributed by atoms with van der Waals surface area (Å²) >= 11 is 0. The number of primary sulfonamides is 1. The standard InChI is InChI=1S/C16H20N8O4S2/c1-9(17)6-23-30(27,28)12-4-3-11(10-2-5-13(18)20-7-10)14(15(12)29(19,25)26)16-21-8-22-24-16/h2-5,7,9,23H,6,8,17H2,1H3,(H2,18,20)(H2,19,25,26)/t9-/m0/s1. The Hall–Kier alpha value is -2.78. The maximum atomic E-state index is 12.9. The Bertz CT molecular complexity index is 1240. The molecule has 2 heterocycles. The number of anilines is 1. The molecule has 30 heavy (non-hydrogen) atoms. The van der Waals surface area contributed by atoms with Gasteiger partial charge in [0.25, 0.3) is 0 Å². The zero-order valence-electron chi connectivity index (χ0n) is 15.8. The minimum atomic E-state index is -4.54. The number of nitrogens with one attached hydrogen (secondary N) is 1. The molecule has 1 aromatic carbocycles. The van der Waals surface area contributed by atoms with Gasteiger partial charge in [0.05, 0.1) is 5.56 Å². The summed E-state index contributed by atoms with van der Waals surface area (Å²) < 4.78 is 53.1. The second kappa shape index (κ2) is 8.16. The average Bonchev–Trinajstić information content (AvgIpc) is 3.20. The summed E-state index contributed by atoms with van der Waals surface area (Å²) in [6.45, 7) is 1.46. The summed E-state index contributed by atoms with van der Waals surface area (Å²) in [5.41, 5.74) is 11.9. The molecule has 0 amide bonds. The number of sulfonamides is 2. The lowest BCUT2D eigenvalue weighted by Crippen LogP contribution is -2.36. The van der Waals surface area contributed by atoms with Gasteiger partial charge in [-0.15, -0.1) is 5.11 Å². The summed E-state index contributed by atoms with van der Waals surface area (Å²) in [7, 11) is -8.82. The van der Waals surface area contributed by atoms with Crippen LogP contribution in [0.5, 0.6) is 0 Å². The number of aromatic nitrogens is 1. The smallest absolute Gasteiger partial charge is 0.241 e. The van der Waals surface area contributed by atoms with Gasteiger partial charge in [0.1, 0.15) is 15.6 Å². The summed E-state index contributed by atoms with van der Waals surface area (Å²) in [5.74, 6) is 0.194. The third-order valence-electron chi connectivity index (χ3n) is 4.06. The van der Waals surface area contributed by atoms with Crippen molar-refractivity contribution in [3.63, 3.8) is 0 Å². The molecule has 160 valence electrons. The van der Waals surface area contributed by atoms with E-state index in [2.05, 4.69) is 24.9 Å². The third kappa shape index (κ3) is 4.52. The molecule has 0 aliphatic carbocycles. The molecule has 14 heteroatoms. The molecule has 0 radical (unpaired) electrons. The van der Waals surface area contributed by atoms with Gasteiger partial charge < -0.3 is 11.5 Å². The van der Waals surface area contributed by atoms with Crippen molar-refractivity contribution >= 4 is 31.7 Å². The van der Waals surface area contributed by atoms with Gasteiger partial charge in [-0.25, -0.2) is 36.7 Å². The first-order chi connectivity index (χ1) is 14.0. The lowest BCUT2D eigenvalue weighted by Gasteiger charge is -2.17. The Balaban J connectivity index is 2.36. The molecule has 0 unspecified atom stereocenters. The SMILES string of the molecule is C[C@H](N)CNS(=O)(=O)c1ccc(-c2ccc(N)nc2)c(C2=NCN=N2)c1S(N)(=O)=O. The molecular weight excluding hydrogens is 432 g/mol. The van der Waals surface area contributed by atoms with Gasteiger partial charge in [0.15, 0.2) is 12.5 Å². The highest BCUT2D eigenvalue weighted by Crippen LogP contribution is 2.34. The van der Waals surface area contributed by atoms with Crippen LogP contribution in [0.2, 0.25) is 0 Å². The number of benzene rings is 1. The molecule has 1 aromatic heterocycles. The largest absolute Gasteiger partial charge is 0.384 e. The molecule has 0 saturated heterocycles. The Morgan fingerprint density at radius 1 is 1.17 bits per heavy atom. The van der Waals surface area contributed by atoms with Crippen LogP contribution in [0.4, 0.5) is 5.82 Å². The number of nitrogen functional groups attached to an aromatic ring is 1. The Morgan fingerprint density at radius 3 is 2.43 bits per heavy atom. The minimum Gasteiger partial charge on any atom is -0.384 e. The number of pyridine rings is 1. The molecule has 3 rings (SSSR count). The van der Waals surface area contributed by atoms with Crippen molar-refractivity contribution in [2.24, 2.45) is 26.1 Å². The van der Waals surface area contributed by atoms with Crippen molar-refractivity contribution < 1.29 is 16.8 Å². The number of aliphatic imine (C=N–C) groups is 1. The zero-order chi connectivity index (χ0) is 22.1. The topological polar surface area (TPSA) is 208 Å². The van der Waals surface area contributed by atoms with Crippen molar-refractivity contribution in [3.8, 4) is 11.1 Å². The summed E-state index contributed by atoms with van der Waals surface area (Å²) in [6.07, 6.45) is 1.41. The molecule has 0 bridgehead atoms. The van der Waals surface area contributed by atoms with Gasteiger partial charge >= 0.3 is 0 Å². The van der Waals surface area contributed by atoms with Crippen LogP contribution in [-0.4, -0.2) is 46.9 Å². The van der Waals surface area contributed by atoms with Crippen LogP contribution in [0, 0.1) is 0 Å². The monoisotopic (exact) mass is 452 g/mol. The van der Waals surface area contributed by atoms with E-state index in [1.54, 1.807) is 13.0 Å². The van der Waals surface area contributed by atoms with Crippen molar-refractivity contribution in [3.05, 3.63) is 36.0 Å². The highest BCUT2D eigenvalue weighted by molar-refractivity contribution is 7.92. The van der Waals surface area contributed by atoms with E-state index in [4.69, 9.17) is 16.6 Å². The number of rotatable bonds is 7. The van der Waals surface area contributed by atoms with E-state index >= 15 is 0 Å². The van der Waals surface area contributed by atoms with Crippen LogP contribution in [0.25, 0.3) is 11.1 Å². The first kappa shape index (κ1) is 21.9. The van der Waals surface area contributed by atoms with Gasteiger partial charge in [0.2, 0.25) is 20.0 Å². The number of nitrogens with zero attached hydrogens (tertiary/aromatic N) is 4. The lowest BCUT2D eigenvalue weighted by atomic mass is 10.00. The first-order valence-corrected chi connectivity index (χ1v) is 11.6. The van der Waals surface area contributed by atoms with Gasteiger partial charge in [0, 0.05) is 24.3 Å². The van der Waals surface area contributed by atoms with Gasteiger partial charge in [-0.05, 0) is 30.7 Å². The second-order valence-electron chi connectivity index (χ2n) is 6.53. The zero-order valence-corrected chi connectivity index (χ0v) is 17.5. The third-order valence-corrected chi connectivity index (χ3v) is 6.65. The fourth-order valence-electron chi connectivity index (χ4n) is 2.76. The predicted molar refractivity (Wildman–Crippen MR) is 111 cm³/mol. The normalized spacial score (nSPS) is 15.2. The molecule has 1 aliphatic heterocycles. The van der Waals surface area contributed by atoms with Gasteiger partial charge in [-0.1, -0.05) is 6.07 Å². The first-order valence-electron chi connectivity index (χ1n) is 8.60. The molecule has 2 aromatic rings. The fraction of sp³-hybridized carbons (Fsp3) is 0.250. The molecule has 0 fully saturated rings. The van der Waals surface area contributed by atoms with E-state index < -0.39 is 35.9 Å².